The Morgan fingerprint density at radius 3 is 2.43 bits per heavy atom. The van der Waals surface area contributed by atoms with Crippen LogP contribution in [0.4, 0.5) is 0 Å². The van der Waals surface area contributed by atoms with Gasteiger partial charge in [0.15, 0.2) is 17.1 Å². The molecule has 3 aromatic heterocycles. The second-order valence-electron chi connectivity index (χ2n) is 8.87. The van der Waals surface area contributed by atoms with E-state index in [-0.39, 0.29) is 11.0 Å². The van der Waals surface area contributed by atoms with Crippen LogP contribution in [0.25, 0.3) is 33.2 Å². The van der Waals surface area contributed by atoms with Gasteiger partial charge in [0, 0.05) is 41.8 Å². The first-order chi connectivity index (χ1) is 16.7. The first kappa shape index (κ1) is 23.0. The highest BCUT2D eigenvalue weighted by Gasteiger charge is 2.27. The molecule has 5 rings (SSSR count). The van der Waals surface area contributed by atoms with Gasteiger partial charge in [0.2, 0.25) is 0 Å². The standard InChI is InChI=1S/C27H27N3O4S/c1-17(2)34-26-15-23-21(14-25(26)33-5)22(16-29(23)4)24-13-19-7-6-12-28-27(19)30(24)35(31,32)20-10-8-18(3)9-11-20/h6-17H,1-5H3. The van der Waals surface area contributed by atoms with Crippen LogP contribution in [0.1, 0.15) is 19.4 Å². The summed E-state index contributed by atoms with van der Waals surface area (Å²) in [6.07, 6.45) is 3.52. The van der Waals surface area contributed by atoms with Gasteiger partial charge >= 0.3 is 0 Å². The van der Waals surface area contributed by atoms with Crippen molar-refractivity contribution in [2.45, 2.75) is 31.8 Å². The second kappa shape index (κ2) is 8.46. The number of methoxy groups -OCH3 is 1. The molecular weight excluding hydrogens is 462 g/mol. The van der Waals surface area contributed by atoms with E-state index in [1.54, 1.807) is 43.6 Å². The lowest BCUT2D eigenvalue weighted by Crippen LogP contribution is -2.14. The molecule has 180 valence electrons. The molecule has 0 unspecified atom stereocenters. The molecule has 0 spiro atoms. The van der Waals surface area contributed by atoms with E-state index in [0.29, 0.717) is 22.8 Å². The Bertz CT molecular complexity index is 1660. The zero-order chi connectivity index (χ0) is 24.9. The van der Waals surface area contributed by atoms with Gasteiger partial charge in [-0.05, 0) is 57.2 Å². The molecule has 0 fully saturated rings. The van der Waals surface area contributed by atoms with Crippen molar-refractivity contribution in [3.8, 4) is 22.8 Å². The monoisotopic (exact) mass is 489 g/mol. The van der Waals surface area contributed by atoms with E-state index in [4.69, 9.17) is 9.47 Å². The fraction of sp³-hybridized carbons (Fsp3) is 0.222. The minimum absolute atomic E-state index is 0.0191. The molecule has 2 aromatic carbocycles. The third-order valence-corrected chi connectivity index (χ3v) is 7.71. The zero-order valence-electron chi connectivity index (χ0n) is 20.3. The molecule has 0 aliphatic heterocycles. The highest BCUT2D eigenvalue weighted by Crippen LogP contribution is 2.41. The molecule has 0 radical (unpaired) electrons. The van der Waals surface area contributed by atoms with Gasteiger partial charge in [-0.1, -0.05) is 17.7 Å². The number of nitrogens with zero attached hydrogens (tertiary/aromatic N) is 3. The zero-order valence-corrected chi connectivity index (χ0v) is 21.1. The summed E-state index contributed by atoms with van der Waals surface area (Å²) >= 11 is 0. The minimum atomic E-state index is -3.93. The third-order valence-electron chi connectivity index (χ3n) is 5.99. The summed E-state index contributed by atoms with van der Waals surface area (Å²) in [7, 11) is -0.403. The Morgan fingerprint density at radius 2 is 1.74 bits per heavy atom. The average molecular weight is 490 g/mol. The van der Waals surface area contributed by atoms with Crippen LogP contribution in [0.3, 0.4) is 0 Å². The van der Waals surface area contributed by atoms with E-state index >= 15 is 0 Å². The SMILES string of the molecule is COc1cc2c(-c3cc4cccnc4n3S(=O)(=O)c3ccc(C)cc3)cn(C)c2cc1OC(C)C. The summed E-state index contributed by atoms with van der Waals surface area (Å²) in [6, 6.07) is 16.2. The number of rotatable bonds is 6. The molecule has 0 N–H and O–H groups in total. The van der Waals surface area contributed by atoms with E-state index < -0.39 is 10.0 Å². The molecule has 0 amide bonds. The highest BCUT2D eigenvalue weighted by atomic mass is 32.2. The van der Waals surface area contributed by atoms with Crippen molar-refractivity contribution < 1.29 is 17.9 Å². The average Bonchev–Trinajstić information content (AvgIpc) is 3.36. The summed E-state index contributed by atoms with van der Waals surface area (Å²) in [5.41, 5.74) is 3.55. The van der Waals surface area contributed by atoms with Crippen molar-refractivity contribution in [1.29, 1.82) is 0 Å². The van der Waals surface area contributed by atoms with Gasteiger partial charge in [-0.25, -0.2) is 17.4 Å². The molecular formula is C27H27N3O4S. The van der Waals surface area contributed by atoms with Crippen LogP contribution in [0.5, 0.6) is 11.5 Å². The Kier molecular flexibility index (Phi) is 5.56. The smallest absolute Gasteiger partial charge is 0.269 e. The van der Waals surface area contributed by atoms with E-state index in [1.165, 1.54) is 3.97 Å². The van der Waals surface area contributed by atoms with Crippen LogP contribution >= 0.6 is 0 Å². The predicted molar refractivity (Wildman–Crippen MR) is 138 cm³/mol. The molecule has 7 nitrogen and oxygen atoms in total. The highest BCUT2D eigenvalue weighted by molar-refractivity contribution is 7.90. The normalized spacial score (nSPS) is 12.1. The fourth-order valence-corrected chi connectivity index (χ4v) is 5.84. The van der Waals surface area contributed by atoms with Crippen LogP contribution < -0.4 is 9.47 Å². The number of ether oxygens (including phenoxy) is 2. The third kappa shape index (κ3) is 3.83. The van der Waals surface area contributed by atoms with Crippen LogP contribution in [0.2, 0.25) is 0 Å². The van der Waals surface area contributed by atoms with Gasteiger partial charge in [0.25, 0.3) is 10.0 Å². The number of fused-ring (bicyclic) bond motifs is 2. The molecule has 0 aliphatic carbocycles. The van der Waals surface area contributed by atoms with Crippen molar-refractivity contribution in [2.24, 2.45) is 7.05 Å². The number of hydrogen-bond acceptors (Lipinski definition) is 5. The first-order valence-corrected chi connectivity index (χ1v) is 12.8. The van der Waals surface area contributed by atoms with Gasteiger partial charge in [0.05, 0.1) is 29.3 Å². The van der Waals surface area contributed by atoms with Crippen molar-refractivity contribution in [3.63, 3.8) is 0 Å². The van der Waals surface area contributed by atoms with Gasteiger partial charge in [-0.2, -0.15) is 0 Å². The largest absolute Gasteiger partial charge is 0.493 e. The molecule has 0 aliphatic rings. The lowest BCUT2D eigenvalue weighted by molar-refractivity contribution is 0.230. The summed E-state index contributed by atoms with van der Waals surface area (Å²) in [5, 5.41) is 1.59. The maximum atomic E-state index is 13.9. The lowest BCUT2D eigenvalue weighted by atomic mass is 10.1. The Morgan fingerprint density at radius 1 is 1.00 bits per heavy atom. The second-order valence-corrected chi connectivity index (χ2v) is 10.7. The number of hydrogen-bond donors (Lipinski definition) is 0. The van der Waals surface area contributed by atoms with Gasteiger partial charge in [-0.15, -0.1) is 0 Å². The lowest BCUT2D eigenvalue weighted by Gasteiger charge is -2.15. The number of aromatic nitrogens is 3. The van der Waals surface area contributed by atoms with Crippen LogP contribution in [0.15, 0.2) is 71.9 Å². The fourth-order valence-electron chi connectivity index (χ4n) is 4.36. The first-order valence-electron chi connectivity index (χ1n) is 11.3. The molecule has 0 bridgehead atoms. The molecule has 8 heteroatoms. The summed E-state index contributed by atoms with van der Waals surface area (Å²) in [4.78, 5) is 4.64. The van der Waals surface area contributed by atoms with Crippen LogP contribution in [-0.2, 0) is 17.1 Å². The summed E-state index contributed by atoms with van der Waals surface area (Å²) in [5.74, 6) is 1.22. The van der Waals surface area contributed by atoms with E-state index in [1.807, 2.05) is 62.8 Å². The molecule has 0 saturated heterocycles. The van der Waals surface area contributed by atoms with E-state index in [0.717, 1.165) is 27.4 Å². The van der Waals surface area contributed by atoms with Crippen molar-refractivity contribution in [1.82, 2.24) is 13.5 Å². The number of benzene rings is 2. The number of aryl methyl sites for hydroxylation is 2. The summed E-state index contributed by atoms with van der Waals surface area (Å²) < 4.78 is 42.7. The number of pyridine rings is 1. The minimum Gasteiger partial charge on any atom is -0.493 e. The maximum absolute atomic E-state index is 13.9. The van der Waals surface area contributed by atoms with E-state index in [9.17, 15) is 8.42 Å². The van der Waals surface area contributed by atoms with Crippen molar-refractivity contribution >= 4 is 32.0 Å². The van der Waals surface area contributed by atoms with E-state index in [2.05, 4.69) is 4.98 Å². The molecule has 3 heterocycles. The Labute approximate surface area is 204 Å². The van der Waals surface area contributed by atoms with Gasteiger partial charge in [-0.3, -0.25) is 0 Å². The quantitative estimate of drug-likeness (QED) is 0.313. The Balaban J connectivity index is 1.81. The van der Waals surface area contributed by atoms with Crippen LogP contribution in [0, 0.1) is 6.92 Å². The molecule has 0 atom stereocenters. The Hall–Kier alpha value is -3.78. The van der Waals surface area contributed by atoms with Crippen molar-refractivity contribution in [2.75, 3.05) is 7.11 Å². The molecule has 5 aromatic rings. The van der Waals surface area contributed by atoms with Crippen LogP contribution in [-0.4, -0.2) is 35.2 Å². The van der Waals surface area contributed by atoms with Crippen molar-refractivity contribution in [3.05, 3.63) is 72.6 Å². The van der Waals surface area contributed by atoms with Gasteiger partial charge in [0.1, 0.15) is 0 Å². The topological polar surface area (TPSA) is 75.4 Å². The maximum Gasteiger partial charge on any atom is 0.269 e. The summed E-state index contributed by atoms with van der Waals surface area (Å²) in [6.45, 7) is 5.85. The molecule has 0 saturated carbocycles. The predicted octanol–water partition coefficient (Wildman–Crippen LogP) is 5.54. The molecule has 35 heavy (non-hydrogen) atoms. The van der Waals surface area contributed by atoms with Gasteiger partial charge < -0.3 is 14.0 Å².